The third kappa shape index (κ3) is 6.01. The summed E-state index contributed by atoms with van der Waals surface area (Å²) in [5.41, 5.74) is 5.24. The summed E-state index contributed by atoms with van der Waals surface area (Å²) in [5, 5.41) is 11.8. The smallest absolute Gasteiger partial charge is 0.255 e. The molecule has 1 saturated carbocycles. The first-order valence-electron chi connectivity index (χ1n) is 11.3. The Hall–Kier alpha value is -4.13. The molecule has 0 radical (unpaired) electrons. The molecule has 0 aromatic heterocycles. The molecule has 0 heterocycles. The molecule has 4 N–H and O–H groups in total. The van der Waals surface area contributed by atoms with E-state index >= 15 is 0 Å². The summed E-state index contributed by atoms with van der Waals surface area (Å²) >= 11 is 0. The van der Waals surface area contributed by atoms with Crippen molar-refractivity contribution in [2.24, 2.45) is 5.92 Å². The number of nitrogens with one attached hydrogen (secondary N) is 4. The second kappa shape index (κ2) is 10.2. The van der Waals surface area contributed by atoms with Gasteiger partial charge in [-0.25, -0.2) is 0 Å². The Morgan fingerprint density at radius 2 is 1.44 bits per heavy atom. The number of aryl methyl sites for hydroxylation is 1. The average molecular weight is 457 g/mol. The molecule has 0 atom stereocenters. The first-order chi connectivity index (χ1) is 16.4. The summed E-state index contributed by atoms with van der Waals surface area (Å²) < 4.78 is 0. The molecule has 1 fully saturated rings. The lowest BCUT2D eigenvalue weighted by Gasteiger charge is -2.14. The second-order valence-electron chi connectivity index (χ2n) is 8.54. The lowest BCUT2D eigenvalue weighted by atomic mass is 10.1. The molecule has 3 aromatic rings. The molecule has 1 aliphatic carbocycles. The van der Waals surface area contributed by atoms with Gasteiger partial charge in [0.25, 0.3) is 5.91 Å². The highest BCUT2D eigenvalue weighted by Gasteiger charge is 2.29. The van der Waals surface area contributed by atoms with Gasteiger partial charge in [0.05, 0.1) is 6.54 Å². The maximum absolute atomic E-state index is 12.5. The first-order valence-corrected chi connectivity index (χ1v) is 11.3. The normalized spacial score (nSPS) is 12.5. The molecular formula is C27H28N4O3. The minimum atomic E-state index is -0.203. The molecule has 3 amide bonds. The molecule has 0 aliphatic heterocycles. The maximum atomic E-state index is 12.5. The van der Waals surface area contributed by atoms with Crippen LogP contribution in [0.3, 0.4) is 0 Å². The van der Waals surface area contributed by atoms with Gasteiger partial charge < -0.3 is 21.3 Å². The lowest BCUT2D eigenvalue weighted by Crippen LogP contribution is -2.22. The van der Waals surface area contributed by atoms with Crippen LogP contribution in [0.2, 0.25) is 0 Å². The van der Waals surface area contributed by atoms with Gasteiger partial charge >= 0.3 is 0 Å². The zero-order valence-corrected chi connectivity index (χ0v) is 19.3. The van der Waals surface area contributed by atoms with Crippen molar-refractivity contribution in [2.75, 3.05) is 27.8 Å². The van der Waals surface area contributed by atoms with Crippen LogP contribution in [0.1, 0.15) is 34.3 Å². The van der Waals surface area contributed by atoms with E-state index < -0.39 is 0 Å². The van der Waals surface area contributed by atoms with Crippen LogP contribution in [0.15, 0.2) is 66.7 Å². The van der Waals surface area contributed by atoms with Gasteiger partial charge in [-0.2, -0.15) is 0 Å². The third-order valence-electron chi connectivity index (χ3n) is 5.69. The minimum Gasteiger partial charge on any atom is -0.376 e. The zero-order chi connectivity index (χ0) is 24.1. The molecule has 0 saturated heterocycles. The van der Waals surface area contributed by atoms with Crippen molar-refractivity contribution < 1.29 is 14.4 Å². The highest BCUT2D eigenvalue weighted by Crippen LogP contribution is 2.31. The maximum Gasteiger partial charge on any atom is 0.255 e. The zero-order valence-electron chi connectivity index (χ0n) is 19.3. The Balaban J connectivity index is 1.28. The number of benzene rings is 3. The Labute approximate surface area is 199 Å². The fourth-order valence-electron chi connectivity index (χ4n) is 3.52. The van der Waals surface area contributed by atoms with Gasteiger partial charge in [0.1, 0.15) is 0 Å². The predicted octanol–water partition coefficient (Wildman–Crippen LogP) is 4.95. The topological polar surface area (TPSA) is 99.3 Å². The van der Waals surface area contributed by atoms with Gasteiger partial charge in [-0.1, -0.05) is 23.8 Å². The first kappa shape index (κ1) is 23.0. The summed E-state index contributed by atoms with van der Waals surface area (Å²) in [5.74, 6) is -0.226. The van der Waals surface area contributed by atoms with Crippen molar-refractivity contribution in [3.05, 3.63) is 83.4 Å². The monoisotopic (exact) mass is 456 g/mol. The number of carbonyl (C=O) groups is 3. The molecule has 4 rings (SSSR count). The molecular weight excluding hydrogens is 428 g/mol. The van der Waals surface area contributed by atoms with E-state index in [-0.39, 0.29) is 30.2 Å². The largest absolute Gasteiger partial charge is 0.376 e. The van der Waals surface area contributed by atoms with Crippen LogP contribution in [-0.4, -0.2) is 24.3 Å². The Morgan fingerprint density at radius 1 is 0.794 bits per heavy atom. The van der Waals surface area contributed by atoms with Crippen molar-refractivity contribution in [1.82, 2.24) is 0 Å². The van der Waals surface area contributed by atoms with E-state index in [1.165, 1.54) is 0 Å². The van der Waals surface area contributed by atoms with Crippen molar-refractivity contribution >= 4 is 40.5 Å². The number of amides is 3. The number of hydrogen-bond donors (Lipinski definition) is 4. The van der Waals surface area contributed by atoms with E-state index in [0.29, 0.717) is 22.6 Å². The second-order valence-corrected chi connectivity index (χ2v) is 8.54. The Morgan fingerprint density at radius 3 is 2.12 bits per heavy atom. The van der Waals surface area contributed by atoms with Crippen molar-refractivity contribution in [2.45, 2.75) is 26.7 Å². The molecule has 0 spiro atoms. The van der Waals surface area contributed by atoms with Crippen LogP contribution >= 0.6 is 0 Å². The highest BCUT2D eigenvalue weighted by molar-refractivity contribution is 6.04. The van der Waals surface area contributed by atoms with E-state index in [1.807, 2.05) is 50.2 Å². The van der Waals surface area contributed by atoms with Crippen LogP contribution in [0.4, 0.5) is 22.7 Å². The van der Waals surface area contributed by atoms with E-state index in [1.54, 1.807) is 30.3 Å². The van der Waals surface area contributed by atoms with Crippen LogP contribution in [-0.2, 0) is 9.59 Å². The van der Waals surface area contributed by atoms with Crippen LogP contribution < -0.4 is 21.3 Å². The van der Waals surface area contributed by atoms with E-state index in [9.17, 15) is 14.4 Å². The van der Waals surface area contributed by atoms with E-state index in [0.717, 1.165) is 29.7 Å². The quantitative estimate of drug-likeness (QED) is 0.385. The van der Waals surface area contributed by atoms with Crippen LogP contribution in [0.25, 0.3) is 0 Å². The number of hydrogen-bond acceptors (Lipinski definition) is 4. The summed E-state index contributed by atoms with van der Waals surface area (Å²) in [6.45, 7) is 3.89. The summed E-state index contributed by atoms with van der Waals surface area (Å²) in [7, 11) is 0. The van der Waals surface area contributed by atoms with E-state index in [2.05, 4.69) is 21.3 Å². The summed E-state index contributed by atoms with van der Waals surface area (Å²) in [4.78, 5) is 36.9. The highest BCUT2D eigenvalue weighted by atomic mass is 16.2. The minimum absolute atomic E-state index is 0.0340. The van der Waals surface area contributed by atoms with Gasteiger partial charge in [0, 0.05) is 34.2 Å². The van der Waals surface area contributed by atoms with Crippen molar-refractivity contribution in [3.8, 4) is 0 Å². The molecule has 7 nitrogen and oxygen atoms in total. The SMILES string of the molecule is Cc1cccc(C(=O)Nc2ccc(NCC(=O)Nc3cccc(NC(=O)C4CC4)c3C)cc2)c1. The third-order valence-corrected chi connectivity index (χ3v) is 5.69. The fourth-order valence-corrected chi connectivity index (χ4v) is 3.52. The average Bonchev–Trinajstić information content (AvgIpc) is 3.67. The van der Waals surface area contributed by atoms with Crippen LogP contribution in [0, 0.1) is 19.8 Å². The van der Waals surface area contributed by atoms with E-state index in [4.69, 9.17) is 0 Å². The molecule has 1 aliphatic rings. The van der Waals surface area contributed by atoms with Gasteiger partial charge in [-0.3, -0.25) is 14.4 Å². The summed E-state index contributed by atoms with van der Waals surface area (Å²) in [6, 6.07) is 20.0. The number of anilines is 4. The van der Waals surface area contributed by atoms with Gasteiger partial charge in [0.15, 0.2) is 0 Å². The standard InChI is InChI=1S/C27H28N4O3/c1-17-5-3-6-20(15-17)27(34)29-22-13-11-21(12-14-22)28-16-25(32)30-23-7-4-8-24(18(23)2)31-26(33)19-9-10-19/h3-8,11-15,19,28H,9-10,16H2,1-2H3,(H,29,34)(H,30,32)(H,31,33). The van der Waals surface area contributed by atoms with Crippen LogP contribution in [0.5, 0.6) is 0 Å². The molecule has 0 unspecified atom stereocenters. The van der Waals surface area contributed by atoms with Gasteiger partial charge in [0.2, 0.25) is 11.8 Å². The number of carbonyl (C=O) groups excluding carboxylic acids is 3. The molecule has 174 valence electrons. The van der Waals surface area contributed by atoms with Crippen molar-refractivity contribution in [3.63, 3.8) is 0 Å². The molecule has 7 heteroatoms. The molecule has 0 bridgehead atoms. The van der Waals surface area contributed by atoms with Crippen molar-refractivity contribution in [1.29, 1.82) is 0 Å². The Bertz CT molecular complexity index is 1220. The molecule has 3 aromatic carbocycles. The van der Waals surface area contributed by atoms with Gasteiger partial charge in [-0.05, 0) is 80.8 Å². The molecule has 34 heavy (non-hydrogen) atoms. The fraction of sp³-hybridized carbons (Fsp3) is 0.222. The summed E-state index contributed by atoms with van der Waals surface area (Å²) in [6.07, 6.45) is 1.88. The van der Waals surface area contributed by atoms with Gasteiger partial charge in [-0.15, -0.1) is 0 Å². The predicted molar refractivity (Wildman–Crippen MR) is 135 cm³/mol. The Kier molecular flexibility index (Phi) is 6.92. The lowest BCUT2D eigenvalue weighted by molar-refractivity contribution is -0.117. The number of rotatable bonds is 8.